The zero-order chi connectivity index (χ0) is 10.2. The maximum atomic E-state index is 2.18. The fourth-order valence-corrected chi connectivity index (χ4v) is 2.42. The second kappa shape index (κ2) is 6.80. The summed E-state index contributed by atoms with van der Waals surface area (Å²) in [7, 11) is 0. The summed E-state index contributed by atoms with van der Waals surface area (Å²) in [6.45, 7) is 4.34. The smallest absolute Gasteiger partial charge is 0.00424 e. The van der Waals surface area contributed by atoms with E-state index in [1.165, 1.54) is 23.3 Å². The molecule has 2 heterocycles. The van der Waals surface area contributed by atoms with Crippen LogP contribution in [0.25, 0.3) is 0 Å². The van der Waals surface area contributed by atoms with E-state index >= 15 is 0 Å². The van der Waals surface area contributed by atoms with Crippen LogP contribution in [0.5, 0.6) is 0 Å². The van der Waals surface area contributed by atoms with E-state index in [0.717, 1.165) is 0 Å². The maximum absolute atomic E-state index is 2.18. The summed E-state index contributed by atoms with van der Waals surface area (Å²) in [5, 5.41) is 6.40. The highest BCUT2D eigenvalue weighted by molar-refractivity contribution is 7.09. The SMILES string of the molecule is CCc1cccs1.CCc1ccsc1. The average Bonchev–Trinajstić information content (AvgIpc) is 2.92. The van der Waals surface area contributed by atoms with Crippen molar-refractivity contribution >= 4 is 22.7 Å². The molecule has 76 valence electrons. The molecule has 0 aromatic carbocycles. The highest BCUT2D eigenvalue weighted by Gasteiger charge is 1.83. The minimum Gasteiger partial charge on any atom is -0.152 e. The molecular formula is C12H16S2. The monoisotopic (exact) mass is 224 g/mol. The summed E-state index contributed by atoms with van der Waals surface area (Å²) in [6.07, 6.45) is 2.35. The van der Waals surface area contributed by atoms with E-state index in [1.807, 2.05) is 11.3 Å². The largest absolute Gasteiger partial charge is 0.152 e. The molecule has 0 saturated carbocycles. The third-order valence-electron chi connectivity index (χ3n) is 1.92. The van der Waals surface area contributed by atoms with Crippen molar-refractivity contribution in [2.75, 3.05) is 0 Å². The van der Waals surface area contributed by atoms with Crippen LogP contribution in [0, 0.1) is 0 Å². The van der Waals surface area contributed by atoms with Crippen LogP contribution in [-0.2, 0) is 12.8 Å². The molecule has 0 fully saturated rings. The summed E-state index contributed by atoms with van der Waals surface area (Å²) >= 11 is 3.59. The van der Waals surface area contributed by atoms with E-state index in [2.05, 4.69) is 48.2 Å². The van der Waals surface area contributed by atoms with Crippen LogP contribution in [0.2, 0.25) is 0 Å². The van der Waals surface area contributed by atoms with E-state index in [1.54, 1.807) is 11.3 Å². The predicted molar refractivity (Wildman–Crippen MR) is 67.4 cm³/mol. The fraction of sp³-hybridized carbons (Fsp3) is 0.333. The van der Waals surface area contributed by atoms with Gasteiger partial charge in [0, 0.05) is 4.88 Å². The van der Waals surface area contributed by atoms with E-state index < -0.39 is 0 Å². The number of hydrogen-bond acceptors (Lipinski definition) is 2. The molecule has 0 unspecified atom stereocenters. The van der Waals surface area contributed by atoms with Crippen LogP contribution in [0.3, 0.4) is 0 Å². The zero-order valence-electron chi connectivity index (χ0n) is 8.69. The van der Waals surface area contributed by atoms with E-state index in [4.69, 9.17) is 0 Å². The molecule has 0 nitrogen and oxygen atoms in total. The number of hydrogen-bond donors (Lipinski definition) is 0. The van der Waals surface area contributed by atoms with Gasteiger partial charge in [-0.1, -0.05) is 19.9 Å². The Kier molecular flexibility index (Phi) is 5.57. The Hall–Kier alpha value is -0.600. The Balaban J connectivity index is 0.000000140. The molecule has 0 atom stereocenters. The Labute approximate surface area is 94.2 Å². The second-order valence-corrected chi connectivity index (χ2v) is 4.73. The van der Waals surface area contributed by atoms with Gasteiger partial charge in [0.25, 0.3) is 0 Å². The molecular weight excluding hydrogens is 208 g/mol. The van der Waals surface area contributed by atoms with E-state index in [-0.39, 0.29) is 0 Å². The highest BCUT2D eigenvalue weighted by atomic mass is 32.1. The lowest BCUT2D eigenvalue weighted by molar-refractivity contribution is 1.16. The molecule has 2 heteroatoms. The van der Waals surface area contributed by atoms with E-state index in [9.17, 15) is 0 Å². The van der Waals surface area contributed by atoms with Crippen molar-refractivity contribution < 1.29 is 0 Å². The lowest BCUT2D eigenvalue weighted by Crippen LogP contribution is -1.66. The molecule has 0 aliphatic rings. The first-order valence-electron chi connectivity index (χ1n) is 4.90. The molecule has 0 spiro atoms. The first kappa shape index (κ1) is 11.5. The van der Waals surface area contributed by atoms with Gasteiger partial charge in [-0.05, 0) is 46.7 Å². The molecule has 0 amide bonds. The van der Waals surface area contributed by atoms with Crippen molar-refractivity contribution in [2.24, 2.45) is 0 Å². The Bertz CT molecular complexity index is 272. The summed E-state index contributed by atoms with van der Waals surface area (Å²) in [6, 6.07) is 6.40. The summed E-state index contributed by atoms with van der Waals surface area (Å²) in [4.78, 5) is 1.47. The topological polar surface area (TPSA) is 0 Å². The first-order chi connectivity index (χ1) is 6.86. The minimum absolute atomic E-state index is 1.17. The average molecular weight is 224 g/mol. The van der Waals surface area contributed by atoms with Crippen LogP contribution >= 0.6 is 22.7 Å². The van der Waals surface area contributed by atoms with Crippen molar-refractivity contribution in [3.8, 4) is 0 Å². The highest BCUT2D eigenvalue weighted by Crippen LogP contribution is 2.07. The molecule has 0 N–H and O–H groups in total. The van der Waals surface area contributed by atoms with Crippen LogP contribution in [0.4, 0.5) is 0 Å². The predicted octanol–water partition coefficient (Wildman–Crippen LogP) is 4.62. The molecule has 0 saturated heterocycles. The van der Waals surface area contributed by atoms with Crippen LogP contribution < -0.4 is 0 Å². The molecule has 0 radical (unpaired) electrons. The molecule has 0 aliphatic carbocycles. The number of thiophene rings is 2. The standard InChI is InChI=1S/2C6H8S/c1-2-6-3-4-7-5-6;1-2-6-4-3-5-7-6/h2*3-5H,2H2,1H3. The van der Waals surface area contributed by atoms with E-state index in [0.29, 0.717) is 0 Å². The summed E-state index contributed by atoms with van der Waals surface area (Å²) in [5.41, 5.74) is 1.45. The fourth-order valence-electron chi connectivity index (χ4n) is 1.01. The normalized spacial score (nSPS) is 9.29. The number of aryl methyl sites for hydroxylation is 2. The molecule has 0 bridgehead atoms. The van der Waals surface area contributed by atoms with Crippen LogP contribution in [-0.4, -0.2) is 0 Å². The Morgan fingerprint density at radius 3 is 2.21 bits per heavy atom. The van der Waals surface area contributed by atoms with Crippen LogP contribution in [0.15, 0.2) is 34.3 Å². The Morgan fingerprint density at radius 1 is 1.07 bits per heavy atom. The number of rotatable bonds is 2. The molecule has 2 aromatic rings. The third kappa shape index (κ3) is 4.07. The van der Waals surface area contributed by atoms with Gasteiger partial charge in [0.15, 0.2) is 0 Å². The van der Waals surface area contributed by atoms with Gasteiger partial charge in [-0.25, -0.2) is 0 Å². The lowest BCUT2D eigenvalue weighted by atomic mass is 10.3. The Morgan fingerprint density at radius 2 is 1.93 bits per heavy atom. The molecule has 0 aliphatic heterocycles. The molecule has 2 aromatic heterocycles. The molecule has 2 rings (SSSR count). The molecule has 14 heavy (non-hydrogen) atoms. The van der Waals surface area contributed by atoms with Gasteiger partial charge < -0.3 is 0 Å². The zero-order valence-corrected chi connectivity index (χ0v) is 10.3. The van der Waals surface area contributed by atoms with Crippen molar-refractivity contribution in [1.29, 1.82) is 0 Å². The minimum atomic E-state index is 1.17. The third-order valence-corrected chi connectivity index (χ3v) is 3.67. The van der Waals surface area contributed by atoms with Crippen molar-refractivity contribution in [3.05, 3.63) is 44.8 Å². The van der Waals surface area contributed by atoms with Crippen molar-refractivity contribution in [2.45, 2.75) is 26.7 Å². The van der Waals surface area contributed by atoms with Gasteiger partial charge in [-0.15, -0.1) is 11.3 Å². The van der Waals surface area contributed by atoms with Crippen LogP contribution in [0.1, 0.15) is 24.3 Å². The van der Waals surface area contributed by atoms with Gasteiger partial charge in [0.1, 0.15) is 0 Å². The van der Waals surface area contributed by atoms with Gasteiger partial charge in [-0.3, -0.25) is 0 Å². The second-order valence-electron chi connectivity index (χ2n) is 2.92. The summed E-state index contributed by atoms with van der Waals surface area (Å²) in [5.74, 6) is 0. The quantitative estimate of drug-likeness (QED) is 0.698. The van der Waals surface area contributed by atoms with Crippen molar-refractivity contribution in [3.63, 3.8) is 0 Å². The van der Waals surface area contributed by atoms with Gasteiger partial charge in [-0.2, -0.15) is 11.3 Å². The lowest BCUT2D eigenvalue weighted by Gasteiger charge is -1.78. The summed E-state index contributed by atoms with van der Waals surface area (Å²) < 4.78 is 0. The van der Waals surface area contributed by atoms with Gasteiger partial charge in [0.05, 0.1) is 0 Å². The first-order valence-corrected chi connectivity index (χ1v) is 6.72. The maximum Gasteiger partial charge on any atom is 0.00424 e. The van der Waals surface area contributed by atoms with Gasteiger partial charge in [0.2, 0.25) is 0 Å². The van der Waals surface area contributed by atoms with Crippen molar-refractivity contribution in [1.82, 2.24) is 0 Å². The van der Waals surface area contributed by atoms with Gasteiger partial charge >= 0.3 is 0 Å².